The Balaban J connectivity index is 1.65. The van der Waals surface area contributed by atoms with Crippen LogP contribution in [0.15, 0.2) is 30.5 Å². The topological polar surface area (TPSA) is 98.0 Å². The second kappa shape index (κ2) is 8.79. The lowest BCUT2D eigenvalue weighted by molar-refractivity contribution is -0.129. The highest BCUT2D eigenvalue weighted by Gasteiger charge is 2.21. The molecule has 164 valence electrons. The summed E-state index contributed by atoms with van der Waals surface area (Å²) in [7, 11) is 0. The van der Waals surface area contributed by atoms with Crippen molar-refractivity contribution in [1.29, 1.82) is 5.26 Å². The van der Waals surface area contributed by atoms with Crippen LogP contribution in [0.25, 0.3) is 10.8 Å². The predicted octanol–water partition coefficient (Wildman–Crippen LogP) is 3.35. The number of benzene rings is 1. The third-order valence-electron chi connectivity index (χ3n) is 6.20. The van der Waals surface area contributed by atoms with Gasteiger partial charge in [-0.05, 0) is 44.0 Å². The molecular formula is C24H27N7O. The maximum Gasteiger partial charge on any atom is 0.219 e. The third-order valence-corrected chi connectivity index (χ3v) is 6.20. The highest BCUT2D eigenvalue weighted by atomic mass is 16.2. The van der Waals surface area contributed by atoms with Gasteiger partial charge in [0.15, 0.2) is 5.82 Å². The van der Waals surface area contributed by atoms with Crippen LogP contribution < -0.4 is 10.2 Å². The molecule has 1 atom stereocenters. The van der Waals surface area contributed by atoms with Crippen molar-refractivity contribution < 1.29 is 4.79 Å². The van der Waals surface area contributed by atoms with Gasteiger partial charge in [0.25, 0.3) is 0 Å². The minimum Gasteiger partial charge on any atom is -0.362 e. The minimum absolute atomic E-state index is 0.0563. The second-order valence-corrected chi connectivity index (χ2v) is 8.21. The Labute approximate surface area is 187 Å². The number of aromatic nitrogens is 3. The standard InChI is InChI=1S/C24H27N7O/c1-15-19(13-25)6-5-7-20(15)16(2)27-24-21-12-23(26-14-22(21)17(3)28-29-24)31-10-8-30(9-11-31)18(4)32/h5-7,12,14,16H,8-11H2,1-4H3,(H,27,29)/t16-/m1/s1. The van der Waals surface area contributed by atoms with Gasteiger partial charge in [-0.3, -0.25) is 4.79 Å². The molecule has 1 amide bonds. The van der Waals surface area contributed by atoms with Gasteiger partial charge in [0.1, 0.15) is 5.82 Å². The van der Waals surface area contributed by atoms with Crippen LogP contribution >= 0.6 is 0 Å². The number of carbonyl (C=O) groups excluding carboxylic acids is 1. The molecule has 1 aromatic carbocycles. The van der Waals surface area contributed by atoms with E-state index in [-0.39, 0.29) is 11.9 Å². The summed E-state index contributed by atoms with van der Waals surface area (Å²) >= 11 is 0. The van der Waals surface area contributed by atoms with Crippen molar-refractivity contribution in [3.8, 4) is 6.07 Å². The average Bonchev–Trinajstić information content (AvgIpc) is 2.81. The van der Waals surface area contributed by atoms with Crippen LogP contribution in [0.3, 0.4) is 0 Å². The molecule has 0 aliphatic carbocycles. The minimum atomic E-state index is -0.0563. The first-order chi connectivity index (χ1) is 15.4. The van der Waals surface area contributed by atoms with E-state index in [0.717, 1.165) is 46.5 Å². The van der Waals surface area contributed by atoms with E-state index in [4.69, 9.17) is 0 Å². The first kappa shape index (κ1) is 21.5. The molecule has 8 heteroatoms. The Kier molecular flexibility index (Phi) is 5.91. The van der Waals surface area contributed by atoms with Gasteiger partial charge >= 0.3 is 0 Å². The van der Waals surface area contributed by atoms with Crippen molar-refractivity contribution in [2.24, 2.45) is 0 Å². The molecule has 0 spiro atoms. The van der Waals surface area contributed by atoms with Crippen LogP contribution in [0, 0.1) is 25.2 Å². The number of hydrogen-bond donors (Lipinski definition) is 1. The molecule has 0 bridgehead atoms. The Morgan fingerprint density at radius 2 is 1.91 bits per heavy atom. The van der Waals surface area contributed by atoms with E-state index in [2.05, 4.69) is 38.4 Å². The largest absolute Gasteiger partial charge is 0.362 e. The molecule has 1 N–H and O–H groups in total. The van der Waals surface area contributed by atoms with E-state index >= 15 is 0 Å². The van der Waals surface area contributed by atoms with E-state index < -0.39 is 0 Å². The summed E-state index contributed by atoms with van der Waals surface area (Å²) in [5, 5.41) is 23.5. The fourth-order valence-electron chi connectivity index (χ4n) is 4.22. The number of aryl methyl sites for hydroxylation is 1. The molecule has 0 unspecified atom stereocenters. The van der Waals surface area contributed by atoms with Crippen LogP contribution in [0.2, 0.25) is 0 Å². The monoisotopic (exact) mass is 429 g/mol. The van der Waals surface area contributed by atoms with E-state index in [1.807, 2.05) is 49.2 Å². The summed E-state index contributed by atoms with van der Waals surface area (Å²) in [6.07, 6.45) is 1.85. The molecular weight excluding hydrogens is 402 g/mol. The van der Waals surface area contributed by atoms with E-state index in [1.54, 1.807) is 6.92 Å². The number of nitrogens with zero attached hydrogens (tertiary/aromatic N) is 6. The molecule has 1 aliphatic rings. The first-order valence-corrected chi connectivity index (χ1v) is 10.8. The number of nitriles is 1. The second-order valence-electron chi connectivity index (χ2n) is 8.21. The normalized spacial score (nSPS) is 14.8. The predicted molar refractivity (Wildman–Crippen MR) is 124 cm³/mol. The Morgan fingerprint density at radius 1 is 1.16 bits per heavy atom. The number of piperazine rings is 1. The molecule has 32 heavy (non-hydrogen) atoms. The van der Waals surface area contributed by atoms with Crippen molar-refractivity contribution >= 4 is 28.3 Å². The van der Waals surface area contributed by atoms with Crippen LogP contribution in [-0.4, -0.2) is 52.2 Å². The molecule has 2 aromatic heterocycles. The maximum absolute atomic E-state index is 11.6. The zero-order valence-corrected chi connectivity index (χ0v) is 18.9. The van der Waals surface area contributed by atoms with E-state index in [9.17, 15) is 10.1 Å². The van der Waals surface area contributed by atoms with Gasteiger partial charge in [-0.15, -0.1) is 5.10 Å². The molecule has 4 rings (SSSR count). The van der Waals surface area contributed by atoms with Gasteiger partial charge in [0.2, 0.25) is 5.91 Å². The molecule has 8 nitrogen and oxygen atoms in total. The third kappa shape index (κ3) is 4.06. The van der Waals surface area contributed by atoms with Crippen LogP contribution in [0.5, 0.6) is 0 Å². The van der Waals surface area contributed by atoms with Crippen molar-refractivity contribution in [2.75, 3.05) is 36.4 Å². The summed E-state index contributed by atoms with van der Waals surface area (Å²) in [6, 6.07) is 10.0. The molecule has 0 radical (unpaired) electrons. The number of anilines is 2. The molecule has 3 aromatic rings. The number of rotatable bonds is 4. The fraction of sp³-hybridized carbons (Fsp3) is 0.375. The Hall–Kier alpha value is -3.73. The summed E-state index contributed by atoms with van der Waals surface area (Å²) in [6.45, 7) is 10.4. The van der Waals surface area contributed by atoms with Gasteiger partial charge in [0.05, 0.1) is 23.4 Å². The number of pyridine rings is 1. The Bertz CT molecular complexity index is 1210. The average molecular weight is 430 g/mol. The van der Waals surface area contributed by atoms with Gasteiger partial charge in [-0.2, -0.15) is 10.4 Å². The lowest BCUT2D eigenvalue weighted by atomic mass is 9.98. The van der Waals surface area contributed by atoms with Crippen molar-refractivity contribution in [3.63, 3.8) is 0 Å². The molecule has 1 fully saturated rings. The smallest absolute Gasteiger partial charge is 0.219 e. The molecule has 1 saturated heterocycles. The number of fused-ring (bicyclic) bond motifs is 1. The lowest BCUT2D eigenvalue weighted by Gasteiger charge is -2.35. The fourth-order valence-corrected chi connectivity index (χ4v) is 4.22. The van der Waals surface area contributed by atoms with Gasteiger partial charge < -0.3 is 15.1 Å². The number of carbonyl (C=O) groups is 1. The van der Waals surface area contributed by atoms with Gasteiger partial charge in [0, 0.05) is 50.1 Å². The SMILES string of the molecule is CC(=O)N1CCN(c2cc3c(N[C@H](C)c4cccc(C#N)c4C)nnc(C)c3cn2)CC1. The lowest BCUT2D eigenvalue weighted by Crippen LogP contribution is -2.48. The number of nitrogens with one attached hydrogen (secondary N) is 1. The quantitative estimate of drug-likeness (QED) is 0.679. The zero-order chi connectivity index (χ0) is 22.8. The van der Waals surface area contributed by atoms with Crippen LogP contribution in [-0.2, 0) is 4.79 Å². The number of amides is 1. The highest BCUT2D eigenvalue weighted by molar-refractivity contribution is 5.94. The van der Waals surface area contributed by atoms with Crippen molar-refractivity contribution in [1.82, 2.24) is 20.1 Å². The van der Waals surface area contributed by atoms with Gasteiger partial charge in [-0.1, -0.05) is 12.1 Å². The highest BCUT2D eigenvalue weighted by Crippen LogP contribution is 2.30. The van der Waals surface area contributed by atoms with E-state index in [1.165, 1.54) is 0 Å². The Morgan fingerprint density at radius 3 is 2.59 bits per heavy atom. The van der Waals surface area contributed by atoms with Crippen molar-refractivity contribution in [3.05, 3.63) is 52.8 Å². The van der Waals surface area contributed by atoms with Crippen LogP contribution in [0.4, 0.5) is 11.6 Å². The first-order valence-electron chi connectivity index (χ1n) is 10.8. The van der Waals surface area contributed by atoms with Gasteiger partial charge in [-0.25, -0.2) is 4.98 Å². The summed E-state index contributed by atoms with van der Waals surface area (Å²) in [4.78, 5) is 20.4. The maximum atomic E-state index is 11.6. The molecule has 3 heterocycles. The van der Waals surface area contributed by atoms with E-state index in [0.29, 0.717) is 24.5 Å². The summed E-state index contributed by atoms with van der Waals surface area (Å²) in [5.41, 5.74) is 3.51. The summed E-state index contributed by atoms with van der Waals surface area (Å²) < 4.78 is 0. The zero-order valence-electron chi connectivity index (χ0n) is 18.9. The molecule has 1 aliphatic heterocycles. The number of hydrogen-bond acceptors (Lipinski definition) is 7. The summed E-state index contributed by atoms with van der Waals surface area (Å²) in [5.74, 6) is 1.66. The molecule has 0 saturated carbocycles. The van der Waals surface area contributed by atoms with Crippen LogP contribution in [0.1, 0.15) is 42.3 Å². The van der Waals surface area contributed by atoms with Crippen molar-refractivity contribution in [2.45, 2.75) is 33.7 Å².